The van der Waals surface area contributed by atoms with Crippen molar-refractivity contribution in [1.29, 1.82) is 0 Å². The van der Waals surface area contributed by atoms with Gasteiger partial charge in [-0.05, 0) is 31.7 Å². The molecule has 28 heavy (non-hydrogen) atoms. The van der Waals surface area contributed by atoms with Gasteiger partial charge in [0.15, 0.2) is 0 Å². The predicted octanol–water partition coefficient (Wildman–Crippen LogP) is 1.92. The Hall–Kier alpha value is -2.84. The second-order valence-corrected chi connectivity index (χ2v) is 7.27. The molecule has 0 aromatic carbocycles. The van der Waals surface area contributed by atoms with Gasteiger partial charge >= 0.3 is 18.0 Å². The summed E-state index contributed by atoms with van der Waals surface area (Å²) in [5, 5.41) is 2.79. The molecule has 1 saturated heterocycles. The second kappa shape index (κ2) is 7.65. The molecule has 0 unspecified atom stereocenters. The lowest BCUT2D eigenvalue weighted by Crippen LogP contribution is -2.54. The summed E-state index contributed by atoms with van der Waals surface area (Å²) in [6, 6.07) is 0.860. The number of hydrogen-bond acceptors (Lipinski definition) is 7. The van der Waals surface area contributed by atoms with Gasteiger partial charge in [-0.25, -0.2) is 9.59 Å². The van der Waals surface area contributed by atoms with Crippen LogP contribution in [0.4, 0.5) is 4.79 Å². The number of furan rings is 1. The fourth-order valence-corrected chi connectivity index (χ4v) is 3.89. The molecule has 2 fully saturated rings. The van der Waals surface area contributed by atoms with Gasteiger partial charge in [-0.1, -0.05) is 19.8 Å². The molecule has 1 aromatic rings. The monoisotopic (exact) mass is 392 g/mol. The Bertz CT molecular complexity index is 815. The summed E-state index contributed by atoms with van der Waals surface area (Å²) >= 11 is 0. The first-order valence-electron chi connectivity index (χ1n) is 9.26. The smallest absolute Gasteiger partial charge is 0.341 e. The first-order chi connectivity index (χ1) is 13.3. The molecule has 2 atom stereocenters. The number of aryl methyl sites for hydroxylation is 1. The van der Waals surface area contributed by atoms with Crippen molar-refractivity contribution in [3.05, 3.63) is 23.2 Å². The molecule has 1 spiro atoms. The van der Waals surface area contributed by atoms with Gasteiger partial charge in [0, 0.05) is 0 Å². The largest absolute Gasteiger partial charge is 0.465 e. The molecular formula is C19H24N2O7. The SMILES string of the molecule is COC(=O)c1cc(COC(=O)CN2C(=O)N[C@@]3(CCCC[C@@H]3C)C2=O)oc1C. The van der Waals surface area contributed by atoms with Crippen LogP contribution in [0.25, 0.3) is 0 Å². The fraction of sp³-hybridized carbons (Fsp3) is 0.579. The molecule has 1 aliphatic heterocycles. The van der Waals surface area contributed by atoms with Crippen molar-refractivity contribution in [3.8, 4) is 0 Å². The van der Waals surface area contributed by atoms with E-state index in [9.17, 15) is 19.2 Å². The average Bonchev–Trinajstić information content (AvgIpc) is 3.15. The van der Waals surface area contributed by atoms with E-state index in [1.165, 1.54) is 13.2 Å². The van der Waals surface area contributed by atoms with Gasteiger partial charge < -0.3 is 19.2 Å². The number of carbonyl (C=O) groups is 4. The minimum Gasteiger partial charge on any atom is -0.465 e. The molecule has 2 aliphatic rings. The number of imide groups is 1. The Morgan fingerprint density at radius 1 is 1.36 bits per heavy atom. The highest BCUT2D eigenvalue weighted by molar-refractivity contribution is 6.09. The van der Waals surface area contributed by atoms with E-state index >= 15 is 0 Å². The number of nitrogens with one attached hydrogen (secondary N) is 1. The molecule has 152 valence electrons. The molecular weight excluding hydrogens is 368 g/mol. The topological polar surface area (TPSA) is 115 Å². The Morgan fingerprint density at radius 3 is 2.79 bits per heavy atom. The zero-order chi connectivity index (χ0) is 20.5. The Balaban J connectivity index is 1.60. The van der Waals surface area contributed by atoms with Gasteiger partial charge in [0.1, 0.15) is 35.8 Å². The van der Waals surface area contributed by atoms with Crippen molar-refractivity contribution in [2.45, 2.75) is 51.7 Å². The second-order valence-electron chi connectivity index (χ2n) is 7.27. The highest BCUT2D eigenvalue weighted by atomic mass is 16.5. The van der Waals surface area contributed by atoms with Crippen LogP contribution in [0, 0.1) is 12.8 Å². The van der Waals surface area contributed by atoms with Gasteiger partial charge in [0.05, 0.1) is 7.11 Å². The summed E-state index contributed by atoms with van der Waals surface area (Å²) < 4.78 is 15.1. The van der Waals surface area contributed by atoms with Gasteiger partial charge in [-0.2, -0.15) is 0 Å². The third-order valence-electron chi connectivity index (χ3n) is 5.54. The van der Waals surface area contributed by atoms with E-state index in [2.05, 4.69) is 10.1 Å². The zero-order valence-electron chi connectivity index (χ0n) is 16.2. The number of rotatable bonds is 5. The molecule has 1 aliphatic carbocycles. The number of amides is 3. The van der Waals surface area contributed by atoms with Crippen LogP contribution in [0.2, 0.25) is 0 Å². The van der Waals surface area contributed by atoms with Crippen LogP contribution >= 0.6 is 0 Å². The van der Waals surface area contributed by atoms with E-state index < -0.39 is 30.1 Å². The Labute approximate surface area is 162 Å². The van der Waals surface area contributed by atoms with Gasteiger partial charge in [-0.3, -0.25) is 14.5 Å². The molecule has 9 heteroatoms. The summed E-state index contributed by atoms with van der Waals surface area (Å²) in [7, 11) is 1.26. The fourth-order valence-electron chi connectivity index (χ4n) is 3.89. The normalized spacial score (nSPS) is 24.4. The molecule has 0 radical (unpaired) electrons. The van der Waals surface area contributed by atoms with Crippen LogP contribution in [0.5, 0.6) is 0 Å². The van der Waals surface area contributed by atoms with Crippen LogP contribution in [-0.4, -0.2) is 48.0 Å². The minimum atomic E-state index is -0.914. The molecule has 2 heterocycles. The molecule has 1 saturated carbocycles. The van der Waals surface area contributed by atoms with Crippen molar-refractivity contribution in [2.24, 2.45) is 5.92 Å². The van der Waals surface area contributed by atoms with Gasteiger partial charge in [0.25, 0.3) is 5.91 Å². The van der Waals surface area contributed by atoms with Crippen LogP contribution in [0.1, 0.15) is 54.5 Å². The standard InChI is InChI=1S/C19H24N2O7/c1-11-6-4-5-7-19(11)17(24)21(18(25)20-19)9-15(22)27-10-13-8-14(12(2)28-13)16(23)26-3/h8,11H,4-7,9-10H2,1-3H3,(H,20,25)/t11-,19+/m0/s1. The van der Waals surface area contributed by atoms with Crippen molar-refractivity contribution in [1.82, 2.24) is 10.2 Å². The maximum Gasteiger partial charge on any atom is 0.341 e. The number of carbonyl (C=O) groups excluding carboxylic acids is 4. The number of hydrogen-bond donors (Lipinski definition) is 1. The molecule has 3 amide bonds. The third kappa shape index (κ3) is 3.48. The number of urea groups is 1. The highest BCUT2D eigenvalue weighted by Crippen LogP contribution is 2.38. The van der Waals surface area contributed by atoms with Gasteiger partial charge in [0.2, 0.25) is 0 Å². The molecule has 3 rings (SSSR count). The molecule has 1 aromatic heterocycles. The van der Waals surface area contributed by atoms with E-state index in [-0.39, 0.29) is 29.8 Å². The lowest BCUT2D eigenvalue weighted by atomic mass is 9.73. The van der Waals surface area contributed by atoms with Crippen molar-refractivity contribution in [3.63, 3.8) is 0 Å². The lowest BCUT2D eigenvalue weighted by Gasteiger charge is -2.36. The summed E-state index contributed by atoms with van der Waals surface area (Å²) in [4.78, 5) is 49.8. The first-order valence-corrected chi connectivity index (χ1v) is 9.26. The van der Waals surface area contributed by atoms with Crippen molar-refractivity contribution >= 4 is 23.9 Å². The lowest BCUT2D eigenvalue weighted by molar-refractivity contribution is -0.149. The van der Waals surface area contributed by atoms with Crippen LogP contribution in [0.3, 0.4) is 0 Å². The van der Waals surface area contributed by atoms with E-state index in [4.69, 9.17) is 9.15 Å². The van der Waals surface area contributed by atoms with Gasteiger partial charge in [-0.15, -0.1) is 0 Å². The summed E-state index contributed by atoms with van der Waals surface area (Å²) in [6.45, 7) is 2.84. The van der Waals surface area contributed by atoms with Crippen LogP contribution in [0.15, 0.2) is 10.5 Å². The van der Waals surface area contributed by atoms with Crippen LogP contribution < -0.4 is 5.32 Å². The number of nitrogens with zero attached hydrogens (tertiary/aromatic N) is 1. The Morgan fingerprint density at radius 2 is 2.11 bits per heavy atom. The predicted molar refractivity (Wildman–Crippen MR) is 95.2 cm³/mol. The number of esters is 2. The number of ether oxygens (including phenoxy) is 2. The minimum absolute atomic E-state index is 0.0153. The summed E-state index contributed by atoms with van der Waals surface area (Å²) in [6.07, 6.45) is 3.30. The number of methoxy groups -OCH3 is 1. The van der Waals surface area contributed by atoms with E-state index in [1.54, 1.807) is 6.92 Å². The summed E-state index contributed by atoms with van der Waals surface area (Å²) in [5.41, 5.74) is -0.667. The maximum atomic E-state index is 12.8. The average molecular weight is 392 g/mol. The highest BCUT2D eigenvalue weighted by Gasteiger charge is 2.55. The first kappa shape index (κ1) is 19.9. The maximum absolute atomic E-state index is 12.8. The van der Waals surface area contributed by atoms with Crippen LogP contribution in [-0.2, 0) is 25.7 Å². The zero-order valence-corrected chi connectivity index (χ0v) is 16.2. The van der Waals surface area contributed by atoms with E-state index in [0.29, 0.717) is 12.2 Å². The van der Waals surface area contributed by atoms with E-state index in [0.717, 1.165) is 24.2 Å². The molecule has 0 bridgehead atoms. The third-order valence-corrected chi connectivity index (χ3v) is 5.54. The summed E-state index contributed by atoms with van der Waals surface area (Å²) in [5.74, 6) is -1.03. The Kier molecular flexibility index (Phi) is 5.44. The quantitative estimate of drug-likeness (QED) is 0.601. The molecule has 1 N–H and O–H groups in total. The van der Waals surface area contributed by atoms with Crippen molar-refractivity contribution < 1.29 is 33.1 Å². The van der Waals surface area contributed by atoms with E-state index in [1.807, 2.05) is 6.92 Å². The van der Waals surface area contributed by atoms with Crippen molar-refractivity contribution in [2.75, 3.05) is 13.7 Å². The molecule has 9 nitrogen and oxygen atoms in total.